The summed E-state index contributed by atoms with van der Waals surface area (Å²) in [5.41, 5.74) is 4.66. The number of H-pyrrole nitrogens is 1. The third-order valence-corrected chi connectivity index (χ3v) is 5.08. The second-order valence-corrected chi connectivity index (χ2v) is 6.95. The van der Waals surface area contributed by atoms with E-state index in [1.54, 1.807) is 4.90 Å². The first-order chi connectivity index (χ1) is 12.1. The smallest absolute Gasteiger partial charge is 0.272 e. The van der Waals surface area contributed by atoms with E-state index in [1.807, 2.05) is 31.2 Å². The first-order valence-electron chi connectivity index (χ1n) is 8.86. The average molecular weight is 338 g/mol. The standard InChI is InChI=1S/C19H22N4O2/c1-12-6-8-14(9-7-12)23-11-13(10-17(23)24)20-19(25)18-15-4-2-3-5-16(15)21-22-18/h6-9,13H,2-5,10-11H2,1H3,(H,20,25)(H,21,22)/t13-/m0/s1. The predicted molar refractivity (Wildman–Crippen MR) is 94.6 cm³/mol. The molecular weight excluding hydrogens is 316 g/mol. The zero-order valence-corrected chi connectivity index (χ0v) is 14.3. The number of aromatic nitrogens is 2. The Hall–Kier alpha value is -2.63. The van der Waals surface area contributed by atoms with Crippen molar-refractivity contribution in [3.63, 3.8) is 0 Å². The highest BCUT2D eigenvalue weighted by Crippen LogP contribution is 2.24. The zero-order valence-electron chi connectivity index (χ0n) is 14.3. The van der Waals surface area contributed by atoms with Gasteiger partial charge in [-0.05, 0) is 44.7 Å². The zero-order chi connectivity index (χ0) is 17.4. The Kier molecular flexibility index (Phi) is 4.03. The number of hydrogen-bond acceptors (Lipinski definition) is 3. The number of aryl methyl sites for hydroxylation is 2. The molecule has 1 fully saturated rings. The fourth-order valence-corrected chi connectivity index (χ4v) is 3.70. The van der Waals surface area contributed by atoms with E-state index >= 15 is 0 Å². The third kappa shape index (κ3) is 3.04. The minimum absolute atomic E-state index is 0.0400. The van der Waals surface area contributed by atoms with E-state index in [-0.39, 0.29) is 17.9 Å². The lowest BCUT2D eigenvalue weighted by Crippen LogP contribution is -2.37. The molecule has 1 saturated heterocycles. The molecule has 2 aliphatic rings. The molecule has 130 valence electrons. The van der Waals surface area contributed by atoms with E-state index in [9.17, 15) is 9.59 Å². The van der Waals surface area contributed by atoms with Crippen LogP contribution in [0.25, 0.3) is 0 Å². The topological polar surface area (TPSA) is 78.1 Å². The van der Waals surface area contributed by atoms with Gasteiger partial charge in [0, 0.05) is 29.9 Å². The second-order valence-electron chi connectivity index (χ2n) is 6.95. The van der Waals surface area contributed by atoms with Crippen LogP contribution in [-0.2, 0) is 17.6 Å². The van der Waals surface area contributed by atoms with Gasteiger partial charge < -0.3 is 10.2 Å². The minimum Gasteiger partial charge on any atom is -0.346 e. The van der Waals surface area contributed by atoms with E-state index in [0.29, 0.717) is 18.7 Å². The molecule has 1 aliphatic carbocycles. The van der Waals surface area contributed by atoms with Crippen LogP contribution in [0.4, 0.5) is 5.69 Å². The van der Waals surface area contributed by atoms with Crippen molar-refractivity contribution in [2.45, 2.75) is 45.1 Å². The summed E-state index contributed by atoms with van der Waals surface area (Å²) in [7, 11) is 0. The SMILES string of the molecule is Cc1ccc(N2C[C@@H](NC(=O)c3n[nH]c4c3CCCC4)CC2=O)cc1. The van der Waals surface area contributed by atoms with Crippen molar-refractivity contribution in [3.05, 3.63) is 46.8 Å². The van der Waals surface area contributed by atoms with Crippen molar-refractivity contribution in [3.8, 4) is 0 Å². The van der Waals surface area contributed by atoms with Crippen molar-refractivity contribution in [2.24, 2.45) is 0 Å². The number of nitrogens with zero attached hydrogens (tertiary/aromatic N) is 2. The molecule has 6 nitrogen and oxygen atoms in total. The Morgan fingerprint density at radius 3 is 2.80 bits per heavy atom. The van der Waals surface area contributed by atoms with Crippen LogP contribution in [0, 0.1) is 6.92 Å². The average Bonchev–Trinajstić information content (AvgIpc) is 3.19. The van der Waals surface area contributed by atoms with Crippen LogP contribution in [-0.4, -0.2) is 34.6 Å². The van der Waals surface area contributed by atoms with Crippen molar-refractivity contribution in [1.29, 1.82) is 0 Å². The third-order valence-electron chi connectivity index (χ3n) is 5.08. The van der Waals surface area contributed by atoms with Gasteiger partial charge in [0.05, 0.1) is 6.04 Å². The van der Waals surface area contributed by atoms with E-state index in [2.05, 4.69) is 15.5 Å². The maximum atomic E-state index is 12.6. The van der Waals surface area contributed by atoms with Gasteiger partial charge in [-0.25, -0.2) is 0 Å². The molecule has 0 unspecified atom stereocenters. The fraction of sp³-hybridized carbons (Fsp3) is 0.421. The number of carbonyl (C=O) groups excluding carboxylic acids is 2. The minimum atomic E-state index is -0.183. The molecule has 0 spiro atoms. The Labute approximate surface area is 146 Å². The number of anilines is 1. The Morgan fingerprint density at radius 2 is 2.00 bits per heavy atom. The summed E-state index contributed by atoms with van der Waals surface area (Å²) < 4.78 is 0. The lowest BCUT2D eigenvalue weighted by molar-refractivity contribution is -0.117. The summed E-state index contributed by atoms with van der Waals surface area (Å²) >= 11 is 0. The van der Waals surface area contributed by atoms with E-state index in [4.69, 9.17) is 0 Å². The van der Waals surface area contributed by atoms with Crippen molar-refractivity contribution in [2.75, 3.05) is 11.4 Å². The molecule has 4 rings (SSSR count). The van der Waals surface area contributed by atoms with E-state index in [1.165, 1.54) is 0 Å². The van der Waals surface area contributed by atoms with Crippen LogP contribution < -0.4 is 10.2 Å². The molecule has 6 heteroatoms. The molecule has 2 heterocycles. The molecular formula is C19H22N4O2. The summed E-state index contributed by atoms with van der Waals surface area (Å²) in [4.78, 5) is 26.7. The highest BCUT2D eigenvalue weighted by atomic mass is 16.2. The largest absolute Gasteiger partial charge is 0.346 e. The molecule has 0 bridgehead atoms. The molecule has 2 N–H and O–H groups in total. The summed E-state index contributed by atoms with van der Waals surface area (Å²) in [6.07, 6.45) is 4.41. The maximum Gasteiger partial charge on any atom is 0.272 e. The second kappa shape index (κ2) is 6.35. The summed E-state index contributed by atoms with van der Waals surface area (Å²) in [5, 5.41) is 10.2. The van der Waals surface area contributed by atoms with Gasteiger partial charge in [0.25, 0.3) is 5.91 Å². The van der Waals surface area contributed by atoms with Gasteiger partial charge in [0.2, 0.25) is 5.91 Å². The first-order valence-corrected chi connectivity index (χ1v) is 8.86. The first kappa shape index (κ1) is 15.9. The molecule has 2 aromatic rings. The van der Waals surface area contributed by atoms with Crippen LogP contribution >= 0.6 is 0 Å². The predicted octanol–water partition coefficient (Wildman–Crippen LogP) is 2.13. The van der Waals surface area contributed by atoms with Gasteiger partial charge in [0.15, 0.2) is 5.69 Å². The quantitative estimate of drug-likeness (QED) is 0.900. The van der Waals surface area contributed by atoms with Crippen molar-refractivity contribution < 1.29 is 9.59 Å². The van der Waals surface area contributed by atoms with Gasteiger partial charge in [-0.3, -0.25) is 14.7 Å². The highest BCUT2D eigenvalue weighted by molar-refractivity contribution is 5.98. The van der Waals surface area contributed by atoms with Gasteiger partial charge in [-0.2, -0.15) is 5.10 Å². The number of aromatic amines is 1. The van der Waals surface area contributed by atoms with E-state index < -0.39 is 0 Å². The molecule has 0 saturated carbocycles. The molecule has 0 radical (unpaired) electrons. The number of rotatable bonds is 3. The molecule has 2 amide bonds. The molecule has 1 atom stereocenters. The lowest BCUT2D eigenvalue weighted by Gasteiger charge is -2.17. The Balaban J connectivity index is 1.45. The van der Waals surface area contributed by atoms with Crippen molar-refractivity contribution in [1.82, 2.24) is 15.5 Å². The van der Waals surface area contributed by atoms with Crippen LogP contribution in [0.1, 0.15) is 46.6 Å². The van der Waals surface area contributed by atoms with Gasteiger partial charge in [-0.15, -0.1) is 0 Å². The Morgan fingerprint density at radius 1 is 1.24 bits per heavy atom. The number of carbonyl (C=O) groups is 2. The number of hydrogen-bond donors (Lipinski definition) is 2. The normalized spacial score (nSPS) is 19.8. The monoisotopic (exact) mass is 338 g/mol. The van der Waals surface area contributed by atoms with Gasteiger partial charge >= 0.3 is 0 Å². The fourth-order valence-electron chi connectivity index (χ4n) is 3.70. The summed E-state index contributed by atoms with van der Waals surface area (Å²) in [5.74, 6) is -0.138. The molecule has 1 aliphatic heterocycles. The van der Waals surface area contributed by atoms with Crippen LogP contribution in [0.15, 0.2) is 24.3 Å². The lowest BCUT2D eigenvalue weighted by atomic mass is 9.95. The molecule has 25 heavy (non-hydrogen) atoms. The van der Waals surface area contributed by atoms with Crippen LogP contribution in [0.3, 0.4) is 0 Å². The number of fused-ring (bicyclic) bond motifs is 1. The summed E-state index contributed by atoms with van der Waals surface area (Å²) in [6.45, 7) is 2.52. The summed E-state index contributed by atoms with van der Waals surface area (Å²) in [6, 6.07) is 7.69. The number of benzene rings is 1. The van der Waals surface area contributed by atoms with Gasteiger partial charge in [0.1, 0.15) is 0 Å². The number of nitrogens with one attached hydrogen (secondary N) is 2. The van der Waals surface area contributed by atoms with Crippen LogP contribution in [0.5, 0.6) is 0 Å². The van der Waals surface area contributed by atoms with Crippen LogP contribution in [0.2, 0.25) is 0 Å². The number of amides is 2. The molecule has 1 aromatic carbocycles. The van der Waals surface area contributed by atoms with Crippen molar-refractivity contribution >= 4 is 17.5 Å². The molecule has 1 aromatic heterocycles. The maximum absolute atomic E-state index is 12.6. The van der Waals surface area contributed by atoms with Gasteiger partial charge in [-0.1, -0.05) is 17.7 Å². The van der Waals surface area contributed by atoms with E-state index in [0.717, 1.165) is 48.2 Å². The highest BCUT2D eigenvalue weighted by Gasteiger charge is 2.33. The Bertz CT molecular complexity index is 809.